The van der Waals surface area contributed by atoms with E-state index in [-0.39, 0.29) is 23.0 Å². The maximum atomic E-state index is 12.6. The van der Waals surface area contributed by atoms with E-state index >= 15 is 0 Å². The van der Waals surface area contributed by atoms with Gasteiger partial charge in [-0.05, 0) is 47.4 Å². The zero-order chi connectivity index (χ0) is 21.2. The Bertz CT molecular complexity index is 885. The Morgan fingerprint density at radius 3 is 2.55 bits per heavy atom. The highest BCUT2D eigenvalue weighted by Gasteiger charge is 2.42. The molecule has 0 aromatic heterocycles. The molecule has 1 aliphatic rings. The Balaban J connectivity index is 1.87. The van der Waals surface area contributed by atoms with Gasteiger partial charge in [0.1, 0.15) is 12.2 Å². The highest BCUT2D eigenvalue weighted by Crippen LogP contribution is 2.44. The van der Waals surface area contributed by atoms with Gasteiger partial charge in [-0.25, -0.2) is 9.68 Å². The molecule has 156 valence electrons. The molecule has 0 heterocycles. The smallest absolute Gasteiger partial charge is 0.336 e. The van der Waals surface area contributed by atoms with E-state index in [2.05, 4.69) is 74.7 Å². The molecule has 1 fully saturated rings. The maximum absolute atomic E-state index is 12.6. The van der Waals surface area contributed by atoms with Crippen LogP contribution >= 0.6 is 0 Å². The summed E-state index contributed by atoms with van der Waals surface area (Å²) >= 11 is 0. The van der Waals surface area contributed by atoms with Crippen LogP contribution in [0.15, 0.2) is 54.6 Å². The van der Waals surface area contributed by atoms with E-state index in [9.17, 15) is 4.79 Å². The van der Waals surface area contributed by atoms with E-state index in [0.29, 0.717) is 5.92 Å². The van der Waals surface area contributed by atoms with Gasteiger partial charge in [0.15, 0.2) is 0 Å². The van der Waals surface area contributed by atoms with Crippen LogP contribution in [0.25, 0.3) is 10.8 Å². The quantitative estimate of drug-likeness (QED) is 0.286. The summed E-state index contributed by atoms with van der Waals surface area (Å²) < 4.78 is 5.92. The molecule has 0 aliphatic heterocycles. The lowest BCUT2D eigenvalue weighted by Gasteiger charge is -2.44. The molecule has 0 spiro atoms. The first-order valence-electron chi connectivity index (χ1n) is 10.4. The fourth-order valence-electron chi connectivity index (χ4n) is 4.53. The topological polar surface area (TPSA) is 55.8 Å². The predicted molar refractivity (Wildman–Crippen MR) is 116 cm³/mol. The number of carbonyl (C=O) groups excluding carboxylic acids is 1. The molecule has 1 aliphatic carbocycles. The third-order valence-corrected chi connectivity index (χ3v) is 6.64. The van der Waals surface area contributed by atoms with Crippen molar-refractivity contribution >= 4 is 16.7 Å². The summed E-state index contributed by atoms with van der Waals surface area (Å²) in [5.41, 5.74) is 1.23. The van der Waals surface area contributed by atoms with Crippen molar-refractivity contribution in [1.82, 2.24) is 0 Å². The molecule has 29 heavy (non-hydrogen) atoms. The van der Waals surface area contributed by atoms with Crippen LogP contribution in [0, 0.1) is 11.8 Å². The van der Waals surface area contributed by atoms with E-state index < -0.39 is 12.1 Å². The zero-order valence-corrected chi connectivity index (χ0v) is 17.9. The van der Waals surface area contributed by atoms with Gasteiger partial charge in [0, 0.05) is 5.92 Å². The fourth-order valence-corrected chi connectivity index (χ4v) is 4.53. The van der Waals surface area contributed by atoms with Crippen molar-refractivity contribution in [2.75, 3.05) is 0 Å². The standard InChI is InChI=1S/C25H32O4/c1-16-10-13-22(23(14-16)28-24(26)17(2)18(3)29-27)25(4,5)21-12-11-19-8-6-7-9-20(19)15-21/h6-9,11-12,15-16,18,22-23,27H,2,10,13-14H2,1,3-5H3/t16-,18+,22-,23-/m0/s1. The van der Waals surface area contributed by atoms with Crippen LogP contribution in [0.3, 0.4) is 0 Å². The summed E-state index contributed by atoms with van der Waals surface area (Å²) in [4.78, 5) is 16.8. The summed E-state index contributed by atoms with van der Waals surface area (Å²) in [6, 6.07) is 15.0. The Morgan fingerprint density at radius 2 is 1.86 bits per heavy atom. The average molecular weight is 397 g/mol. The molecule has 3 rings (SSSR count). The van der Waals surface area contributed by atoms with Crippen molar-refractivity contribution < 1.29 is 19.7 Å². The lowest BCUT2D eigenvalue weighted by atomic mass is 9.64. The van der Waals surface area contributed by atoms with Crippen LogP contribution in [0.4, 0.5) is 0 Å². The minimum atomic E-state index is -0.782. The van der Waals surface area contributed by atoms with Gasteiger partial charge in [-0.2, -0.15) is 0 Å². The fraction of sp³-hybridized carbons (Fsp3) is 0.480. The Hall–Kier alpha value is -2.17. The highest BCUT2D eigenvalue weighted by molar-refractivity contribution is 5.89. The van der Waals surface area contributed by atoms with Crippen molar-refractivity contribution in [2.45, 2.75) is 64.6 Å². The van der Waals surface area contributed by atoms with Gasteiger partial charge >= 0.3 is 5.97 Å². The second-order valence-corrected chi connectivity index (χ2v) is 9.02. The van der Waals surface area contributed by atoms with Crippen LogP contribution in [0.1, 0.15) is 52.5 Å². The molecule has 2 aromatic rings. The Kier molecular flexibility index (Phi) is 6.45. The van der Waals surface area contributed by atoms with Gasteiger partial charge in [-0.15, -0.1) is 0 Å². The monoisotopic (exact) mass is 396 g/mol. The molecule has 2 aromatic carbocycles. The van der Waals surface area contributed by atoms with Gasteiger partial charge in [-0.1, -0.05) is 76.2 Å². The molecule has 4 heteroatoms. The summed E-state index contributed by atoms with van der Waals surface area (Å²) in [5, 5.41) is 11.3. The van der Waals surface area contributed by atoms with E-state index in [0.717, 1.165) is 19.3 Å². The van der Waals surface area contributed by atoms with Crippen molar-refractivity contribution in [3.63, 3.8) is 0 Å². The molecule has 4 atom stereocenters. The number of hydrogen-bond donors (Lipinski definition) is 1. The van der Waals surface area contributed by atoms with Gasteiger partial charge in [0.25, 0.3) is 0 Å². The number of esters is 1. The van der Waals surface area contributed by atoms with Gasteiger partial charge in [0.2, 0.25) is 0 Å². The number of hydrogen-bond acceptors (Lipinski definition) is 4. The maximum Gasteiger partial charge on any atom is 0.336 e. The minimum Gasteiger partial charge on any atom is -0.459 e. The van der Waals surface area contributed by atoms with E-state index in [1.807, 2.05) is 0 Å². The summed E-state index contributed by atoms with van der Waals surface area (Å²) in [7, 11) is 0. The van der Waals surface area contributed by atoms with Gasteiger partial charge < -0.3 is 4.74 Å². The zero-order valence-electron chi connectivity index (χ0n) is 17.9. The van der Waals surface area contributed by atoms with Crippen molar-refractivity contribution in [3.05, 3.63) is 60.2 Å². The summed E-state index contributed by atoms with van der Waals surface area (Å²) in [5.74, 6) is 0.197. The molecule has 0 radical (unpaired) electrons. The first kappa shape index (κ1) is 21.5. The SMILES string of the molecule is C=C(C(=O)O[C@H]1C[C@@H](C)CC[C@@H]1C(C)(C)c1ccc2ccccc2c1)[C@@H](C)OO. The minimum absolute atomic E-state index is 0.132. The third kappa shape index (κ3) is 4.54. The van der Waals surface area contributed by atoms with Gasteiger partial charge in [0.05, 0.1) is 5.57 Å². The number of benzene rings is 2. The Labute approximate surface area is 173 Å². The van der Waals surface area contributed by atoms with Gasteiger partial charge in [-0.3, -0.25) is 5.26 Å². The number of ether oxygens (including phenoxy) is 1. The average Bonchev–Trinajstić information content (AvgIpc) is 2.72. The molecule has 4 nitrogen and oxygen atoms in total. The molecular weight excluding hydrogens is 364 g/mol. The van der Waals surface area contributed by atoms with Crippen molar-refractivity contribution in [1.29, 1.82) is 0 Å². The van der Waals surface area contributed by atoms with Crippen molar-refractivity contribution in [2.24, 2.45) is 11.8 Å². The normalized spacial score (nSPS) is 23.6. The predicted octanol–water partition coefficient (Wildman–Crippen LogP) is 5.90. The first-order valence-corrected chi connectivity index (χ1v) is 10.4. The second kappa shape index (κ2) is 8.68. The molecule has 0 unspecified atom stereocenters. The number of carbonyl (C=O) groups is 1. The molecule has 1 N–H and O–H groups in total. The molecule has 0 amide bonds. The van der Waals surface area contributed by atoms with Crippen LogP contribution in [-0.4, -0.2) is 23.4 Å². The number of fused-ring (bicyclic) bond motifs is 1. The second-order valence-electron chi connectivity index (χ2n) is 9.02. The first-order chi connectivity index (χ1) is 13.7. The molecule has 0 bridgehead atoms. The molecule has 1 saturated carbocycles. The molecular formula is C25H32O4. The Morgan fingerprint density at radius 1 is 1.17 bits per heavy atom. The number of rotatable bonds is 6. The van der Waals surface area contributed by atoms with Crippen molar-refractivity contribution in [3.8, 4) is 0 Å². The lowest BCUT2D eigenvalue weighted by Crippen LogP contribution is -2.44. The van der Waals surface area contributed by atoms with E-state index in [1.165, 1.54) is 16.3 Å². The van der Waals surface area contributed by atoms with E-state index in [1.54, 1.807) is 6.92 Å². The highest BCUT2D eigenvalue weighted by atomic mass is 17.1. The van der Waals surface area contributed by atoms with Crippen LogP contribution in [0.2, 0.25) is 0 Å². The van der Waals surface area contributed by atoms with Crippen LogP contribution < -0.4 is 0 Å². The summed E-state index contributed by atoms with van der Waals surface area (Å²) in [6.07, 6.45) is 1.96. The van der Waals surface area contributed by atoms with Crippen LogP contribution in [-0.2, 0) is 19.8 Å². The lowest BCUT2D eigenvalue weighted by molar-refractivity contribution is -0.264. The van der Waals surface area contributed by atoms with E-state index in [4.69, 9.17) is 9.99 Å². The summed E-state index contributed by atoms with van der Waals surface area (Å²) in [6.45, 7) is 12.0. The molecule has 0 saturated heterocycles. The van der Waals surface area contributed by atoms with Crippen LogP contribution in [0.5, 0.6) is 0 Å². The largest absolute Gasteiger partial charge is 0.459 e. The third-order valence-electron chi connectivity index (χ3n) is 6.64.